The van der Waals surface area contributed by atoms with Crippen LogP contribution in [-0.4, -0.2) is 45.3 Å². The average molecular weight is 873 g/mol. The number of carbonyl (C=O) groups is 1. The first-order valence-corrected chi connectivity index (χ1v) is 24.6. The molecule has 8 bridgehead atoms. The van der Waals surface area contributed by atoms with Gasteiger partial charge in [-0.05, 0) is 138 Å². The number of nitrogens with two attached hydrogens (primary N) is 2. The van der Waals surface area contributed by atoms with Gasteiger partial charge in [-0.25, -0.2) is 0 Å². The Morgan fingerprint density at radius 2 is 1.74 bits per heavy atom. The number of rotatable bonds is 4. The molecule has 3 aliphatic carbocycles. The second kappa shape index (κ2) is 19.1. The van der Waals surface area contributed by atoms with Crippen LogP contribution in [0.5, 0.6) is 17.2 Å². The van der Waals surface area contributed by atoms with Crippen molar-refractivity contribution >= 4 is 33.1 Å². The fourth-order valence-electron chi connectivity index (χ4n) is 10.1. The van der Waals surface area contributed by atoms with E-state index in [9.17, 15) is 25.2 Å². The number of aliphatic hydroxyl groups is 1. The number of hydrogen-bond donors (Lipinski definition) is 5. The van der Waals surface area contributed by atoms with Gasteiger partial charge in [-0.3, -0.25) is 9.79 Å². The minimum atomic E-state index is -0.775. The quantitative estimate of drug-likeness (QED) is 0.0971. The number of phenolic OH excluding ortho intramolecular Hbond substituents is 2. The second-order valence-electron chi connectivity index (χ2n) is 18.4. The molecule has 7 N–H and O–H groups in total. The van der Waals surface area contributed by atoms with E-state index in [0.29, 0.717) is 71.4 Å². The summed E-state index contributed by atoms with van der Waals surface area (Å²) in [5.74, 6) is 7.79. The SMILES string of the molecule is CC1(CCC23C=CC(=O)CCc4ccc(O)c(c4)OCCc4ccc(O)c(c4)C4CC([O-])=C5C=CN=C5CC#Cc5cc(C(N)N)c(cc54)CSSCC(C2)C(O)C3)CCCC1. The Balaban J connectivity index is 1.16. The maximum atomic E-state index is 14.1. The van der Waals surface area contributed by atoms with Crippen molar-refractivity contribution in [2.24, 2.45) is 33.2 Å². The minimum absolute atomic E-state index is 0.0128. The molecule has 5 aliphatic rings. The molecule has 3 aromatic carbocycles. The lowest BCUT2D eigenvalue weighted by Gasteiger charge is -2.32. The molecule has 11 heteroatoms. The van der Waals surface area contributed by atoms with Crippen LogP contribution in [0.15, 0.2) is 89.3 Å². The maximum Gasteiger partial charge on any atom is 0.161 e. The van der Waals surface area contributed by atoms with E-state index in [1.807, 2.05) is 24.3 Å². The summed E-state index contributed by atoms with van der Waals surface area (Å²) in [4.78, 5) is 17.9. The first-order chi connectivity index (χ1) is 29.9. The van der Waals surface area contributed by atoms with Gasteiger partial charge in [-0.2, -0.15) is 0 Å². The molecular formula is C51H58N3O6S2-. The van der Waals surface area contributed by atoms with Crippen molar-refractivity contribution in [2.75, 3.05) is 12.4 Å². The van der Waals surface area contributed by atoms with Gasteiger partial charge in [0.15, 0.2) is 17.3 Å². The largest absolute Gasteiger partial charge is 0.875 e. The number of fused-ring (bicyclic) bond motifs is 9. The van der Waals surface area contributed by atoms with Gasteiger partial charge in [0, 0.05) is 47.6 Å². The number of aromatic hydroxyl groups is 2. The molecule has 0 amide bonds. The highest BCUT2D eigenvalue weighted by molar-refractivity contribution is 8.76. The lowest BCUT2D eigenvalue weighted by atomic mass is 9.73. The summed E-state index contributed by atoms with van der Waals surface area (Å²) < 4.78 is 6.14. The van der Waals surface area contributed by atoms with E-state index in [0.717, 1.165) is 52.8 Å². The number of aryl methyl sites for hydroxylation is 1. The first-order valence-electron chi connectivity index (χ1n) is 22.1. The van der Waals surface area contributed by atoms with Crippen molar-refractivity contribution in [3.8, 4) is 29.1 Å². The van der Waals surface area contributed by atoms with Crippen molar-refractivity contribution in [2.45, 2.75) is 114 Å². The average Bonchev–Trinajstić information content (AvgIpc) is 3.99. The number of allylic oxidation sites excluding steroid dienone is 5. The molecule has 8 rings (SSSR count). The summed E-state index contributed by atoms with van der Waals surface area (Å²) >= 11 is 0. The van der Waals surface area contributed by atoms with Crippen LogP contribution < -0.4 is 21.3 Å². The summed E-state index contributed by atoms with van der Waals surface area (Å²) in [5.41, 5.74) is 19.6. The van der Waals surface area contributed by atoms with Crippen LogP contribution in [0.2, 0.25) is 0 Å². The smallest absolute Gasteiger partial charge is 0.161 e. The molecule has 0 radical (unpaired) electrons. The molecule has 3 aromatic rings. The van der Waals surface area contributed by atoms with Gasteiger partial charge < -0.3 is 36.6 Å². The Kier molecular flexibility index (Phi) is 13.6. The molecule has 9 nitrogen and oxygen atoms in total. The molecule has 0 saturated heterocycles. The molecule has 4 atom stereocenters. The molecule has 0 spiro atoms. The Hall–Kier alpha value is -4.44. The molecular weight excluding hydrogens is 815 g/mol. The Labute approximate surface area is 373 Å². The zero-order valence-corrected chi connectivity index (χ0v) is 37.2. The van der Waals surface area contributed by atoms with Crippen LogP contribution >= 0.6 is 21.6 Å². The molecule has 2 aliphatic heterocycles. The van der Waals surface area contributed by atoms with E-state index >= 15 is 0 Å². The number of phenols is 2. The van der Waals surface area contributed by atoms with Gasteiger partial charge in [-0.1, -0.05) is 83.5 Å². The highest BCUT2D eigenvalue weighted by Crippen LogP contribution is 2.52. The van der Waals surface area contributed by atoms with Crippen LogP contribution in [-0.2, 0) is 23.4 Å². The number of ether oxygens (including phenoxy) is 1. The van der Waals surface area contributed by atoms with E-state index in [1.165, 1.54) is 25.7 Å². The number of aliphatic imine (C=N–C) groups is 1. The minimum Gasteiger partial charge on any atom is -0.875 e. The van der Waals surface area contributed by atoms with Gasteiger partial charge in [0.2, 0.25) is 0 Å². The molecule has 2 fully saturated rings. The van der Waals surface area contributed by atoms with Crippen molar-refractivity contribution in [3.05, 3.63) is 123 Å². The zero-order chi connectivity index (χ0) is 43.4. The second-order valence-corrected chi connectivity index (χ2v) is 20.9. The van der Waals surface area contributed by atoms with Crippen molar-refractivity contribution in [1.82, 2.24) is 0 Å². The van der Waals surface area contributed by atoms with Crippen molar-refractivity contribution in [3.63, 3.8) is 0 Å². The lowest BCUT2D eigenvalue weighted by molar-refractivity contribution is -0.307. The maximum absolute atomic E-state index is 14.1. The van der Waals surface area contributed by atoms with Crippen LogP contribution in [0.3, 0.4) is 0 Å². The standard InChI is InChI=1S/C51H59N3O6S2/c1-50(16-2-3-17-50)19-20-51-18-13-37(55)10-7-32-9-12-45(57)48(24-32)60-22-15-33-8-11-44(56)42(23-33)41-27-46(58)38-14-21-54-43(38)6-4-5-34-25-40(49(52)53)35(26-39(34)41)30-61-62-31-36(28-51)47(59)29-51/h8-9,11-14,18,21,23-26,36,41,47,49,56-59H,2-3,6-7,10,15-17,19-20,22,27-31,52-53H2,1H3/p-1. The summed E-state index contributed by atoms with van der Waals surface area (Å²) in [6, 6.07) is 14.7. The number of nitrogens with zero attached hydrogens (tertiary/aromatic N) is 1. The molecule has 62 heavy (non-hydrogen) atoms. The summed E-state index contributed by atoms with van der Waals surface area (Å²) in [7, 11) is 3.41. The van der Waals surface area contributed by atoms with E-state index in [4.69, 9.17) is 16.2 Å². The summed E-state index contributed by atoms with van der Waals surface area (Å²) in [6.45, 7) is 2.64. The summed E-state index contributed by atoms with van der Waals surface area (Å²) in [5, 5.41) is 48.0. The van der Waals surface area contributed by atoms with E-state index < -0.39 is 18.2 Å². The van der Waals surface area contributed by atoms with Gasteiger partial charge >= 0.3 is 0 Å². The Morgan fingerprint density at radius 1 is 0.952 bits per heavy atom. The van der Waals surface area contributed by atoms with Gasteiger partial charge in [0.1, 0.15) is 5.75 Å². The van der Waals surface area contributed by atoms with Crippen LogP contribution in [0.4, 0.5) is 0 Å². The predicted molar refractivity (Wildman–Crippen MR) is 248 cm³/mol. The van der Waals surface area contributed by atoms with E-state index in [-0.39, 0.29) is 47.4 Å². The van der Waals surface area contributed by atoms with Crippen LogP contribution in [0.25, 0.3) is 0 Å². The van der Waals surface area contributed by atoms with Gasteiger partial charge in [0.25, 0.3) is 0 Å². The van der Waals surface area contributed by atoms with Crippen molar-refractivity contribution < 1.29 is 30.0 Å². The third-order valence-electron chi connectivity index (χ3n) is 13.9. The topological polar surface area (TPSA) is 174 Å². The third kappa shape index (κ3) is 10.2. The van der Waals surface area contributed by atoms with E-state index in [1.54, 1.807) is 58.1 Å². The van der Waals surface area contributed by atoms with E-state index in [2.05, 4.69) is 35.9 Å². The normalized spacial score (nSPS) is 25.3. The molecule has 0 aromatic heterocycles. The van der Waals surface area contributed by atoms with Gasteiger partial charge in [-0.15, -0.1) is 5.76 Å². The molecule has 326 valence electrons. The Morgan fingerprint density at radius 3 is 2.55 bits per heavy atom. The number of aliphatic hydroxyl groups excluding tert-OH is 1. The molecule has 4 unspecified atom stereocenters. The number of benzene rings is 3. The Bertz CT molecular complexity index is 2370. The van der Waals surface area contributed by atoms with Crippen molar-refractivity contribution in [1.29, 1.82) is 0 Å². The molecule has 2 saturated carbocycles. The van der Waals surface area contributed by atoms with Crippen LogP contribution in [0.1, 0.15) is 129 Å². The highest BCUT2D eigenvalue weighted by atomic mass is 33.1. The van der Waals surface area contributed by atoms with Gasteiger partial charge in [0.05, 0.1) is 31.0 Å². The first kappa shape index (κ1) is 44.2. The predicted octanol–water partition coefficient (Wildman–Crippen LogP) is 8.57. The summed E-state index contributed by atoms with van der Waals surface area (Å²) in [6.07, 6.45) is 16.1. The van der Waals surface area contributed by atoms with Crippen LogP contribution in [0, 0.1) is 28.6 Å². The highest BCUT2D eigenvalue weighted by Gasteiger charge is 2.44. The number of hydrogen-bond acceptors (Lipinski definition) is 11. The third-order valence-corrected chi connectivity index (χ3v) is 16.3. The zero-order valence-electron chi connectivity index (χ0n) is 35.5. The monoisotopic (exact) mass is 872 g/mol. The number of carbonyl (C=O) groups excluding carboxylic acids is 1. The fourth-order valence-corrected chi connectivity index (χ4v) is 12.7. The lowest BCUT2D eigenvalue weighted by Crippen LogP contribution is -2.23. The fraction of sp³-hybridized carbons (Fsp3) is 0.451. The molecule has 2 heterocycles. The number of ketones is 1.